The summed E-state index contributed by atoms with van der Waals surface area (Å²) < 4.78 is 2.03. The standard InChI is InChI=1S/C24H28N6O6/c1-2-3-12-28-20(25)19(21(32)26-24(28)36)30(14-8-4-5-9-14)17(31)13-29-22(33)16-11-7-6-10-15(16)18(27-29)23(34)35/h6-7,10-11,14H,2-5,8-9,12-13,25H2,1H3,(H,34,35)(H,26,32,36). The molecular formula is C24H28N6O6. The first-order valence-electron chi connectivity index (χ1n) is 11.9. The SMILES string of the molecule is CCCCn1c(N)c(N(C(=O)Cn2nc(C(=O)O)c3ccccc3c2=O)C2CCCC2)c(=O)[nH]c1=O. The maximum Gasteiger partial charge on any atom is 0.357 e. The first-order valence-corrected chi connectivity index (χ1v) is 11.9. The van der Waals surface area contributed by atoms with Crippen molar-refractivity contribution in [2.45, 2.75) is 64.6 Å². The van der Waals surface area contributed by atoms with Crippen molar-refractivity contribution < 1.29 is 14.7 Å². The molecule has 0 aliphatic heterocycles. The fourth-order valence-electron chi connectivity index (χ4n) is 4.73. The molecule has 1 aliphatic rings. The van der Waals surface area contributed by atoms with Crippen LogP contribution in [0.25, 0.3) is 10.8 Å². The van der Waals surface area contributed by atoms with Crippen LogP contribution in [0.4, 0.5) is 11.5 Å². The second kappa shape index (κ2) is 10.2. The molecule has 2 aromatic heterocycles. The molecule has 12 nitrogen and oxygen atoms in total. The topological polar surface area (TPSA) is 173 Å². The third-order valence-electron chi connectivity index (χ3n) is 6.50. The molecule has 1 saturated carbocycles. The van der Waals surface area contributed by atoms with E-state index in [9.17, 15) is 29.1 Å². The highest BCUT2D eigenvalue weighted by Crippen LogP contribution is 2.29. The van der Waals surface area contributed by atoms with Crippen molar-refractivity contribution in [1.82, 2.24) is 19.3 Å². The number of unbranched alkanes of at least 4 members (excludes halogenated alkanes) is 1. The van der Waals surface area contributed by atoms with Gasteiger partial charge in [0.05, 0.1) is 5.39 Å². The van der Waals surface area contributed by atoms with Crippen LogP contribution in [0.3, 0.4) is 0 Å². The highest BCUT2D eigenvalue weighted by molar-refractivity contribution is 6.01. The molecule has 0 bridgehead atoms. The normalized spacial score (nSPS) is 13.8. The second-order valence-corrected chi connectivity index (χ2v) is 8.86. The summed E-state index contributed by atoms with van der Waals surface area (Å²) in [7, 11) is 0. The van der Waals surface area contributed by atoms with Crippen molar-refractivity contribution >= 4 is 34.2 Å². The third-order valence-corrected chi connectivity index (χ3v) is 6.50. The van der Waals surface area contributed by atoms with E-state index in [1.54, 1.807) is 12.1 Å². The molecule has 2 heterocycles. The highest BCUT2D eigenvalue weighted by atomic mass is 16.4. The number of nitrogens with zero attached hydrogens (tertiary/aromatic N) is 4. The van der Waals surface area contributed by atoms with Crippen LogP contribution in [-0.2, 0) is 17.9 Å². The van der Waals surface area contributed by atoms with Crippen molar-refractivity contribution in [3.63, 3.8) is 0 Å². The fraction of sp³-hybridized carbons (Fsp3) is 0.417. The van der Waals surface area contributed by atoms with Crippen LogP contribution in [0.1, 0.15) is 55.9 Å². The molecule has 0 radical (unpaired) electrons. The fourth-order valence-corrected chi connectivity index (χ4v) is 4.73. The zero-order valence-electron chi connectivity index (χ0n) is 19.9. The number of anilines is 2. The summed E-state index contributed by atoms with van der Waals surface area (Å²) in [6.07, 6.45) is 4.31. The number of fused-ring (bicyclic) bond motifs is 1. The lowest BCUT2D eigenvalue weighted by atomic mass is 10.1. The van der Waals surface area contributed by atoms with Gasteiger partial charge in [0.1, 0.15) is 12.4 Å². The predicted octanol–water partition coefficient (Wildman–Crippen LogP) is 1.30. The summed E-state index contributed by atoms with van der Waals surface area (Å²) >= 11 is 0. The van der Waals surface area contributed by atoms with Gasteiger partial charge in [0.25, 0.3) is 11.1 Å². The molecule has 0 atom stereocenters. The average molecular weight is 497 g/mol. The average Bonchev–Trinajstić information content (AvgIpc) is 3.37. The van der Waals surface area contributed by atoms with Crippen LogP contribution in [0.2, 0.25) is 0 Å². The maximum atomic E-state index is 13.7. The van der Waals surface area contributed by atoms with Gasteiger partial charge in [-0.25, -0.2) is 14.3 Å². The number of hydrogen-bond acceptors (Lipinski definition) is 7. The Balaban J connectivity index is 1.83. The molecule has 3 aromatic rings. The number of carbonyl (C=O) groups excluding carboxylic acids is 1. The smallest absolute Gasteiger partial charge is 0.357 e. The van der Waals surface area contributed by atoms with Gasteiger partial charge >= 0.3 is 11.7 Å². The molecule has 12 heteroatoms. The molecule has 190 valence electrons. The minimum atomic E-state index is -1.34. The van der Waals surface area contributed by atoms with E-state index in [0.29, 0.717) is 19.3 Å². The summed E-state index contributed by atoms with van der Waals surface area (Å²) in [4.78, 5) is 67.4. The maximum absolute atomic E-state index is 13.7. The lowest BCUT2D eigenvalue weighted by molar-refractivity contribution is -0.119. The first kappa shape index (κ1) is 24.9. The van der Waals surface area contributed by atoms with Crippen molar-refractivity contribution in [2.75, 3.05) is 10.6 Å². The Labute approximate surface area is 205 Å². The minimum Gasteiger partial charge on any atom is -0.476 e. The number of H-pyrrole nitrogens is 1. The number of aromatic nitrogens is 4. The van der Waals surface area contributed by atoms with Gasteiger partial charge in [0, 0.05) is 18.0 Å². The Morgan fingerprint density at radius 2 is 1.83 bits per heavy atom. The number of aromatic amines is 1. The first-order chi connectivity index (χ1) is 17.2. The third kappa shape index (κ3) is 4.53. The van der Waals surface area contributed by atoms with Crippen LogP contribution in [-0.4, -0.2) is 42.4 Å². The molecule has 4 N–H and O–H groups in total. The molecule has 36 heavy (non-hydrogen) atoms. The number of amides is 1. The number of carbonyl (C=O) groups is 2. The monoisotopic (exact) mass is 496 g/mol. The van der Waals surface area contributed by atoms with E-state index < -0.39 is 35.2 Å². The van der Waals surface area contributed by atoms with Crippen molar-refractivity contribution in [3.05, 3.63) is 61.2 Å². The highest BCUT2D eigenvalue weighted by Gasteiger charge is 2.33. The number of nitrogens with two attached hydrogens (primary N) is 1. The molecule has 1 aliphatic carbocycles. The van der Waals surface area contributed by atoms with Crippen molar-refractivity contribution in [1.29, 1.82) is 0 Å². The van der Waals surface area contributed by atoms with Gasteiger partial charge in [-0.05, 0) is 25.3 Å². The van der Waals surface area contributed by atoms with Gasteiger partial charge in [-0.2, -0.15) is 5.10 Å². The van der Waals surface area contributed by atoms with E-state index in [-0.39, 0.29) is 40.6 Å². The molecule has 0 unspecified atom stereocenters. The molecule has 0 spiro atoms. The number of nitrogens with one attached hydrogen (secondary N) is 1. The molecule has 0 saturated heterocycles. The number of nitrogen functional groups attached to an aromatic ring is 1. The summed E-state index contributed by atoms with van der Waals surface area (Å²) in [5.74, 6) is -2.12. The number of carboxylic acid groups (broad SMARTS) is 1. The Morgan fingerprint density at radius 3 is 2.47 bits per heavy atom. The van der Waals surface area contributed by atoms with E-state index in [0.717, 1.165) is 23.9 Å². The van der Waals surface area contributed by atoms with Gasteiger partial charge in [0.2, 0.25) is 5.91 Å². The second-order valence-electron chi connectivity index (χ2n) is 8.86. The van der Waals surface area contributed by atoms with E-state index in [2.05, 4.69) is 10.1 Å². The number of aromatic carboxylic acids is 1. The minimum absolute atomic E-state index is 0.107. The summed E-state index contributed by atoms with van der Waals surface area (Å²) in [6.45, 7) is 1.61. The number of benzene rings is 1. The van der Waals surface area contributed by atoms with E-state index in [4.69, 9.17) is 5.73 Å². The zero-order valence-corrected chi connectivity index (χ0v) is 19.9. The van der Waals surface area contributed by atoms with Crippen LogP contribution in [0.15, 0.2) is 38.6 Å². The van der Waals surface area contributed by atoms with Gasteiger partial charge < -0.3 is 10.8 Å². The summed E-state index contributed by atoms with van der Waals surface area (Å²) in [5.41, 5.74) is 3.68. The summed E-state index contributed by atoms with van der Waals surface area (Å²) in [5, 5.41) is 13.8. The Morgan fingerprint density at radius 1 is 1.17 bits per heavy atom. The van der Waals surface area contributed by atoms with Crippen LogP contribution in [0, 0.1) is 0 Å². The molecular weight excluding hydrogens is 468 g/mol. The van der Waals surface area contributed by atoms with Crippen LogP contribution >= 0.6 is 0 Å². The Hall–Kier alpha value is -4.22. The summed E-state index contributed by atoms with van der Waals surface area (Å²) in [6, 6.07) is 5.76. The molecule has 1 aromatic carbocycles. The quantitative estimate of drug-likeness (QED) is 0.418. The van der Waals surface area contributed by atoms with E-state index >= 15 is 0 Å². The van der Waals surface area contributed by atoms with Gasteiger partial charge in [0.15, 0.2) is 11.4 Å². The predicted molar refractivity (Wildman–Crippen MR) is 133 cm³/mol. The molecule has 4 rings (SSSR count). The number of hydrogen-bond donors (Lipinski definition) is 3. The van der Waals surface area contributed by atoms with E-state index in [1.807, 2.05) is 6.92 Å². The van der Waals surface area contributed by atoms with Gasteiger partial charge in [-0.1, -0.05) is 44.4 Å². The largest absolute Gasteiger partial charge is 0.476 e. The van der Waals surface area contributed by atoms with Crippen LogP contribution in [0.5, 0.6) is 0 Å². The molecule has 1 amide bonds. The van der Waals surface area contributed by atoms with Crippen molar-refractivity contribution in [2.24, 2.45) is 0 Å². The molecule has 1 fully saturated rings. The zero-order chi connectivity index (χ0) is 26.0. The Kier molecular flexibility index (Phi) is 7.04. The van der Waals surface area contributed by atoms with E-state index in [1.165, 1.54) is 21.6 Å². The number of carboxylic acids is 1. The number of rotatable bonds is 8. The van der Waals surface area contributed by atoms with Crippen molar-refractivity contribution in [3.8, 4) is 0 Å². The van der Waals surface area contributed by atoms with Crippen LogP contribution < -0.4 is 27.4 Å². The Bertz CT molecular complexity index is 1500. The lowest BCUT2D eigenvalue weighted by Gasteiger charge is -2.30. The van der Waals surface area contributed by atoms with Gasteiger partial charge in [-0.15, -0.1) is 0 Å². The van der Waals surface area contributed by atoms with Gasteiger partial charge in [-0.3, -0.25) is 28.8 Å². The lowest BCUT2D eigenvalue weighted by Crippen LogP contribution is -2.47.